The normalized spacial score (nSPS) is 11.0. The Morgan fingerprint density at radius 2 is 2.25 bits per heavy atom. The molecule has 0 fully saturated rings. The van der Waals surface area contributed by atoms with Crippen molar-refractivity contribution in [1.29, 1.82) is 0 Å². The van der Waals surface area contributed by atoms with Gasteiger partial charge in [-0.2, -0.15) is 0 Å². The predicted octanol–water partition coefficient (Wildman–Crippen LogP) is 2.55. The SMILES string of the molecule is CC(C)OC(=O)c1cccc2c(Cl)ncn12. The van der Waals surface area contributed by atoms with E-state index in [2.05, 4.69) is 4.98 Å². The van der Waals surface area contributed by atoms with Gasteiger partial charge >= 0.3 is 5.97 Å². The van der Waals surface area contributed by atoms with Crippen molar-refractivity contribution in [3.8, 4) is 0 Å². The third kappa shape index (κ3) is 1.88. The Labute approximate surface area is 97.8 Å². The summed E-state index contributed by atoms with van der Waals surface area (Å²) in [6.45, 7) is 3.61. The third-order valence-electron chi connectivity index (χ3n) is 2.08. The fraction of sp³-hybridized carbons (Fsp3) is 0.273. The van der Waals surface area contributed by atoms with Crippen molar-refractivity contribution < 1.29 is 9.53 Å². The van der Waals surface area contributed by atoms with Crippen molar-refractivity contribution in [3.63, 3.8) is 0 Å². The Kier molecular flexibility index (Phi) is 2.83. The van der Waals surface area contributed by atoms with Crippen LogP contribution in [0.2, 0.25) is 5.15 Å². The van der Waals surface area contributed by atoms with E-state index in [4.69, 9.17) is 16.3 Å². The van der Waals surface area contributed by atoms with Crippen LogP contribution in [0.25, 0.3) is 5.52 Å². The number of nitrogens with zero attached hydrogens (tertiary/aromatic N) is 2. The molecule has 2 rings (SSSR count). The first-order chi connectivity index (χ1) is 7.59. The molecule has 84 valence electrons. The average Bonchev–Trinajstić information content (AvgIpc) is 2.59. The lowest BCUT2D eigenvalue weighted by molar-refractivity contribution is 0.0369. The molecular formula is C11H11ClN2O2. The van der Waals surface area contributed by atoms with E-state index in [0.29, 0.717) is 16.4 Å². The van der Waals surface area contributed by atoms with Crippen molar-refractivity contribution in [3.05, 3.63) is 35.4 Å². The molecule has 5 heteroatoms. The molecule has 0 atom stereocenters. The summed E-state index contributed by atoms with van der Waals surface area (Å²) in [7, 11) is 0. The van der Waals surface area contributed by atoms with Gasteiger partial charge in [-0.1, -0.05) is 17.7 Å². The van der Waals surface area contributed by atoms with E-state index >= 15 is 0 Å². The van der Waals surface area contributed by atoms with Crippen LogP contribution in [0.4, 0.5) is 0 Å². The van der Waals surface area contributed by atoms with E-state index in [1.165, 1.54) is 6.33 Å². The summed E-state index contributed by atoms with van der Waals surface area (Å²) in [6.07, 6.45) is 1.36. The molecule has 0 saturated carbocycles. The number of rotatable bonds is 2. The minimum Gasteiger partial charge on any atom is -0.458 e. The fourth-order valence-electron chi connectivity index (χ4n) is 1.43. The molecular weight excluding hydrogens is 228 g/mol. The monoisotopic (exact) mass is 238 g/mol. The van der Waals surface area contributed by atoms with E-state index in [0.717, 1.165) is 0 Å². The molecule has 0 radical (unpaired) electrons. The summed E-state index contributed by atoms with van der Waals surface area (Å²) in [4.78, 5) is 15.7. The number of fused-ring (bicyclic) bond motifs is 1. The van der Waals surface area contributed by atoms with Crippen molar-refractivity contribution in [1.82, 2.24) is 9.38 Å². The molecule has 0 saturated heterocycles. The second-order valence-corrected chi connectivity index (χ2v) is 4.01. The molecule has 0 unspecified atom stereocenters. The molecule has 2 aromatic rings. The molecule has 0 amide bonds. The number of pyridine rings is 1. The third-order valence-corrected chi connectivity index (χ3v) is 2.37. The summed E-state index contributed by atoms with van der Waals surface area (Å²) in [6, 6.07) is 5.22. The second kappa shape index (κ2) is 4.14. The number of carbonyl (C=O) groups is 1. The number of imidazole rings is 1. The van der Waals surface area contributed by atoms with Gasteiger partial charge in [-0.3, -0.25) is 4.40 Å². The maximum atomic E-state index is 11.8. The lowest BCUT2D eigenvalue weighted by Crippen LogP contribution is -2.14. The van der Waals surface area contributed by atoms with Crippen LogP contribution in [0.1, 0.15) is 24.3 Å². The van der Waals surface area contributed by atoms with E-state index in [1.807, 2.05) is 0 Å². The lowest BCUT2D eigenvalue weighted by Gasteiger charge is -2.09. The highest BCUT2D eigenvalue weighted by molar-refractivity contribution is 6.32. The molecule has 4 nitrogen and oxygen atoms in total. The number of hydrogen-bond acceptors (Lipinski definition) is 3. The van der Waals surface area contributed by atoms with Gasteiger partial charge in [0.1, 0.15) is 12.0 Å². The average molecular weight is 239 g/mol. The summed E-state index contributed by atoms with van der Waals surface area (Å²) in [5.41, 5.74) is 1.12. The van der Waals surface area contributed by atoms with Crippen LogP contribution in [0.3, 0.4) is 0 Å². The van der Waals surface area contributed by atoms with Crippen LogP contribution in [0, 0.1) is 0 Å². The van der Waals surface area contributed by atoms with Gasteiger partial charge in [-0.05, 0) is 26.0 Å². The molecule has 0 aliphatic heterocycles. The van der Waals surface area contributed by atoms with Gasteiger partial charge in [0.15, 0.2) is 5.15 Å². The molecule has 0 bridgehead atoms. The van der Waals surface area contributed by atoms with Crippen LogP contribution in [-0.4, -0.2) is 21.5 Å². The number of aromatic nitrogens is 2. The molecule has 2 aromatic heterocycles. The zero-order chi connectivity index (χ0) is 11.7. The summed E-state index contributed by atoms with van der Waals surface area (Å²) in [5, 5.41) is 0.374. The minimum atomic E-state index is -0.380. The van der Waals surface area contributed by atoms with E-state index in [9.17, 15) is 4.79 Å². The number of ether oxygens (including phenoxy) is 1. The van der Waals surface area contributed by atoms with Gasteiger partial charge in [-0.15, -0.1) is 0 Å². The Hall–Kier alpha value is -1.55. The maximum Gasteiger partial charge on any atom is 0.355 e. The Bertz CT molecular complexity index is 534. The van der Waals surface area contributed by atoms with Crippen LogP contribution in [0.15, 0.2) is 24.5 Å². The first-order valence-corrected chi connectivity index (χ1v) is 5.30. The molecule has 2 heterocycles. The zero-order valence-corrected chi connectivity index (χ0v) is 9.73. The first-order valence-electron chi connectivity index (χ1n) is 4.92. The summed E-state index contributed by atoms with van der Waals surface area (Å²) >= 11 is 5.87. The lowest BCUT2D eigenvalue weighted by atomic mass is 10.3. The van der Waals surface area contributed by atoms with Crippen molar-refractivity contribution in [2.75, 3.05) is 0 Å². The highest BCUT2D eigenvalue weighted by atomic mass is 35.5. The van der Waals surface area contributed by atoms with Gasteiger partial charge in [0.25, 0.3) is 0 Å². The first kappa shape index (κ1) is 11.0. The van der Waals surface area contributed by atoms with E-state index < -0.39 is 0 Å². The van der Waals surface area contributed by atoms with Gasteiger partial charge in [0.2, 0.25) is 0 Å². The molecule has 0 aliphatic carbocycles. The van der Waals surface area contributed by atoms with Gasteiger partial charge in [-0.25, -0.2) is 9.78 Å². The Morgan fingerprint density at radius 1 is 1.50 bits per heavy atom. The summed E-state index contributed by atoms with van der Waals surface area (Å²) < 4.78 is 6.74. The van der Waals surface area contributed by atoms with Crippen molar-refractivity contribution >= 4 is 23.1 Å². The molecule has 0 N–H and O–H groups in total. The van der Waals surface area contributed by atoms with Crippen LogP contribution in [0.5, 0.6) is 0 Å². The quantitative estimate of drug-likeness (QED) is 0.756. The molecule has 0 aromatic carbocycles. The number of carbonyl (C=O) groups excluding carboxylic acids is 1. The van der Waals surface area contributed by atoms with E-state index in [1.54, 1.807) is 36.4 Å². The number of halogens is 1. The molecule has 16 heavy (non-hydrogen) atoms. The van der Waals surface area contributed by atoms with Crippen LogP contribution < -0.4 is 0 Å². The highest BCUT2D eigenvalue weighted by Crippen LogP contribution is 2.17. The maximum absolute atomic E-state index is 11.8. The predicted molar refractivity (Wildman–Crippen MR) is 60.8 cm³/mol. The Balaban J connectivity index is 2.48. The largest absolute Gasteiger partial charge is 0.458 e. The second-order valence-electron chi connectivity index (χ2n) is 3.66. The van der Waals surface area contributed by atoms with Gasteiger partial charge in [0.05, 0.1) is 11.6 Å². The number of hydrogen-bond donors (Lipinski definition) is 0. The number of esters is 1. The van der Waals surface area contributed by atoms with Crippen LogP contribution >= 0.6 is 11.6 Å². The smallest absolute Gasteiger partial charge is 0.355 e. The molecule has 0 spiro atoms. The van der Waals surface area contributed by atoms with Crippen molar-refractivity contribution in [2.45, 2.75) is 20.0 Å². The highest BCUT2D eigenvalue weighted by Gasteiger charge is 2.14. The topological polar surface area (TPSA) is 43.6 Å². The minimum absolute atomic E-state index is 0.151. The molecule has 0 aliphatic rings. The van der Waals surface area contributed by atoms with Crippen molar-refractivity contribution in [2.24, 2.45) is 0 Å². The standard InChI is InChI=1S/C11H11ClN2O2/c1-7(2)16-11(15)9-5-3-4-8-10(12)13-6-14(8)9/h3-7H,1-2H3. The van der Waals surface area contributed by atoms with Crippen LogP contribution in [-0.2, 0) is 4.74 Å². The van der Waals surface area contributed by atoms with Gasteiger partial charge in [0, 0.05) is 0 Å². The zero-order valence-electron chi connectivity index (χ0n) is 8.98. The van der Waals surface area contributed by atoms with E-state index in [-0.39, 0.29) is 12.1 Å². The fourth-order valence-corrected chi connectivity index (χ4v) is 1.63. The Morgan fingerprint density at radius 3 is 2.94 bits per heavy atom. The summed E-state index contributed by atoms with van der Waals surface area (Å²) in [5.74, 6) is -0.380. The van der Waals surface area contributed by atoms with Gasteiger partial charge < -0.3 is 4.74 Å².